The van der Waals surface area contributed by atoms with Gasteiger partial charge in [0.2, 0.25) is 5.91 Å². The fraction of sp³-hybridized carbons (Fsp3) is 0.350. The van der Waals surface area contributed by atoms with Crippen molar-refractivity contribution in [2.75, 3.05) is 37.4 Å². The third-order valence-electron chi connectivity index (χ3n) is 5.27. The van der Waals surface area contributed by atoms with Crippen LogP contribution in [-0.2, 0) is 16.1 Å². The number of thioether (sulfide) groups is 1. The first-order chi connectivity index (χ1) is 14.2. The van der Waals surface area contributed by atoms with Gasteiger partial charge in [-0.05, 0) is 5.56 Å². The van der Waals surface area contributed by atoms with Crippen molar-refractivity contribution in [2.45, 2.75) is 16.8 Å². The van der Waals surface area contributed by atoms with Gasteiger partial charge in [0.1, 0.15) is 10.2 Å². The Bertz CT molecular complexity index is 1110. The number of aromatic nitrogens is 2. The van der Waals surface area contributed by atoms with E-state index in [4.69, 9.17) is 4.74 Å². The summed E-state index contributed by atoms with van der Waals surface area (Å²) in [7, 11) is 0. The number of carbonyl (C=O) groups excluding carboxylic acids is 1. The van der Waals surface area contributed by atoms with Crippen molar-refractivity contribution in [1.29, 1.82) is 0 Å². The summed E-state index contributed by atoms with van der Waals surface area (Å²) in [4.78, 5) is 31.9. The van der Waals surface area contributed by atoms with E-state index in [1.807, 2.05) is 18.2 Å². The smallest absolute Gasteiger partial charge is 0.271 e. The quantitative estimate of drug-likeness (QED) is 0.688. The number of hydrogen-bond acceptors (Lipinski definition) is 7. The van der Waals surface area contributed by atoms with Crippen molar-refractivity contribution >= 4 is 44.9 Å². The highest BCUT2D eigenvalue weighted by atomic mass is 32.2. The van der Waals surface area contributed by atoms with Gasteiger partial charge in [-0.2, -0.15) is 0 Å². The number of amides is 1. The first-order valence-electron chi connectivity index (χ1n) is 9.52. The minimum atomic E-state index is -0.0570. The molecule has 5 rings (SSSR count). The molecule has 0 bridgehead atoms. The number of ether oxygens (including phenoxy) is 1. The van der Waals surface area contributed by atoms with Crippen molar-refractivity contribution < 1.29 is 9.53 Å². The van der Waals surface area contributed by atoms with Gasteiger partial charge in [-0.25, -0.2) is 4.98 Å². The van der Waals surface area contributed by atoms with E-state index in [0.717, 1.165) is 17.3 Å². The molecule has 3 aromatic rings. The maximum absolute atomic E-state index is 13.2. The number of rotatable bonds is 4. The number of fused-ring (bicyclic) bond motifs is 3. The molecule has 9 heteroatoms. The lowest BCUT2D eigenvalue weighted by Gasteiger charge is -2.35. The lowest BCUT2D eigenvalue weighted by Crippen LogP contribution is -2.41. The molecule has 1 N–H and O–H groups in total. The summed E-state index contributed by atoms with van der Waals surface area (Å²) >= 11 is 2.89. The topological polar surface area (TPSA) is 76.5 Å². The van der Waals surface area contributed by atoms with Crippen LogP contribution < -0.4 is 10.9 Å². The monoisotopic (exact) mass is 428 g/mol. The molecule has 1 aromatic carbocycles. The van der Waals surface area contributed by atoms with Crippen LogP contribution in [0.5, 0.6) is 0 Å². The molecule has 7 nitrogen and oxygen atoms in total. The SMILES string of the molecule is O=C1CSc2sc3c(=O)n(C[C@H](c4ccccc4)N4CCOCC4)cnc3c2N1. The van der Waals surface area contributed by atoms with Crippen LogP contribution in [0.4, 0.5) is 5.69 Å². The van der Waals surface area contributed by atoms with Gasteiger partial charge >= 0.3 is 0 Å². The van der Waals surface area contributed by atoms with Crippen LogP contribution in [0, 0.1) is 0 Å². The molecule has 1 fully saturated rings. The Labute approximate surface area is 175 Å². The molecule has 0 spiro atoms. The van der Waals surface area contributed by atoms with E-state index in [0.29, 0.717) is 41.4 Å². The molecule has 2 aliphatic heterocycles. The van der Waals surface area contributed by atoms with E-state index in [9.17, 15) is 9.59 Å². The second kappa shape index (κ2) is 7.91. The maximum atomic E-state index is 13.2. The fourth-order valence-corrected chi connectivity index (χ4v) is 5.99. The van der Waals surface area contributed by atoms with Crippen molar-refractivity contribution in [2.24, 2.45) is 0 Å². The highest BCUT2D eigenvalue weighted by Crippen LogP contribution is 2.42. The standard InChI is InChI=1S/C20H20N4O3S2/c25-15-11-28-20-17(22-15)16-18(29-20)19(26)24(12-21-16)10-14(13-4-2-1-3-5-13)23-6-8-27-9-7-23/h1-5,12,14H,6-11H2,(H,22,25)/t14-/m1/s1. The second-order valence-corrected chi connectivity index (χ2v) is 9.32. The van der Waals surface area contributed by atoms with Gasteiger partial charge in [0.05, 0.1) is 41.2 Å². The zero-order valence-electron chi connectivity index (χ0n) is 15.7. The number of anilines is 1. The van der Waals surface area contributed by atoms with Gasteiger partial charge in [0, 0.05) is 19.6 Å². The third kappa shape index (κ3) is 3.59. The van der Waals surface area contributed by atoms with Crippen LogP contribution in [-0.4, -0.2) is 52.4 Å². The van der Waals surface area contributed by atoms with Crippen molar-refractivity contribution in [3.63, 3.8) is 0 Å². The third-order valence-corrected chi connectivity index (χ3v) is 7.71. The first kappa shape index (κ1) is 18.8. The van der Waals surface area contributed by atoms with Crippen LogP contribution in [0.25, 0.3) is 10.2 Å². The van der Waals surface area contributed by atoms with Gasteiger partial charge in [-0.1, -0.05) is 30.3 Å². The molecule has 0 unspecified atom stereocenters. The molecule has 29 heavy (non-hydrogen) atoms. The lowest BCUT2D eigenvalue weighted by atomic mass is 10.0. The Kier molecular flexibility index (Phi) is 5.13. The molecule has 150 valence electrons. The largest absolute Gasteiger partial charge is 0.379 e. The number of thiophene rings is 1. The average Bonchev–Trinajstić information content (AvgIpc) is 3.13. The molecule has 1 amide bonds. The van der Waals surface area contributed by atoms with Crippen LogP contribution >= 0.6 is 23.1 Å². The Morgan fingerprint density at radius 2 is 1.97 bits per heavy atom. The number of nitrogens with one attached hydrogen (secondary N) is 1. The predicted octanol–water partition coefficient (Wildman–Crippen LogP) is 2.58. The first-order valence-corrected chi connectivity index (χ1v) is 11.3. The van der Waals surface area contributed by atoms with Gasteiger partial charge in [0.15, 0.2) is 0 Å². The molecular weight excluding hydrogens is 408 g/mol. The Morgan fingerprint density at radius 3 is 2.76 bits per heavy atom. The predicted molar refractivity (Wildman–Crippen MR) is 115 cm³/mol. The lowest BCUT2D eigenvalue weighted by molar-refractivity contribution is -0.113. The summed E-state index contributed by atoms with van der Waals surface area (Å²) in [6.45, 7) is 3.59. The Hall–Kier alpha value is -2.20. The van der Waals surface area contributed by atoms with Crippen LogP contribution in [0.2, 0.25) is 0 Å². The Balaban J connectivity index is 1.52. The summed E-state index contributed by atoms with van der Waals surface area (Å²) < 4.78 is 8.76. The summed E-state index contributed by atoms with van der Waals surface area (Å²) in [5, 5.41) is 2.87. The van der Waals surface area contributed by atoms with E-state index in [-0.39, 0.29) is 17.5 Å². The minimum Gasteiger partial charge on any atom is -0.379 e. The van der Waals surface area contributed by atoms with Crippen LogP contribution in [0.3, 0.4) is 0 Å². The summed E-state index contributed by atoms with van der Waals surface area (Å²) in [5.74, 6) is 0.325. The fourth-order valence-electron chi connectivity index (χ4n) is 3.81. The zero-order chi connectivity index (χ0) is 19.8. The highest BCUT2D eigenvalue weighted by Gasteiger charge is 2.26. The molecule has 0 aliphatic carbocycles. The van der Waals surface area contributed by atoms with E-state index >= 15 is 0 Å². The molecule has 0 saturated carbocycles. The van der Waals surface area contributed by atoms with E-state index in [1.54, 1.807) is 10.9 Å². The maximum Gasteiger partial charge on any atom is 0.271 e. The highest BCUT2D eigenvalue weighted by molar-refractivity contribution is 8.02. The normalized spacial score (nSPS) is 18.4. The van der Waals surface area contributed by atoms with Gasteiger partial charge < -0.3 is 10.1 Å². The van der Waals surface area contributed by atoms with E-state index in [1.165, 1.54) is 28.7 Å². The number of hydrogen-bond donors (Lipinski definition) is 1. The van der Waals surface area contributed by atoms with E-state index < -0.39 is 0 Å². The Morgan fingerprint density at radius 1 is 1.17 bits per heavy atom. The van der Waals surface area contributed by atoms with Gasteiger partial charge in [-0.15, -0.1) is 23.1 Å². The summed E-state index contributed by atoms with van der Waals surface area (Å²) in [6, 6.07) is 10.3. The van der Waals surface area contributed by atoms with E-state index in [2.05, 4.69) is 27.3 Å². The number of morpholine rings is 1. The number of benzene rings is 1. The van der Waals surface area contributed by atoms with Crippen LogP contribution in [0.1, 0.15) is 11.6 Å². The molecule has 1 saturated heterocycles. The van der Waals surface area contributed by atoms with Crippen molar-refractivity contribution in [3.8, 4) is 0 Å². The average molecular weight is 429 g/mol. The van der Waals surface area contributed by atoms with Crippen molar-refractivity contribution in [3.05, 3.63) is 52.6 Å². The van der Waals surface area contributed by atoms with Crippen LogP contribution in [0.15, 0.2) is 45.7 Å². The molecule has 2 aliphatic rings. The van der Waals surface area contributed by atoms with Crippen molar-refractivity contribution in [1.82, 2.24) is 14.5 Å². The van der Waals surface area contributed by atoms with Gasteiger partial charge in [-0.3, -0.25) is 19.1 Å². The minimum absolute atomic E-state index is 0.0513. The molecule has 1 atom stereocenters. The second-order valence-electron chi connectivity index (χ2n) is 7.06. The molecule has 2 aromatic heterocycles. The molecular formula is C20H20N4O3S2. The summed E-state index contributed by atoms with van der Waals surface area (Å²) in [5.41, 5.74) is 2.39. The molecule has 0 radical (unpaired) electrons. The number of nitrogens with zero attached hydrogens (tertiary/aromatic N) is 3. The zero-order valence-corrected chi connectivity index (χ0v) is 17.3. The number of carbonyl (C=O) groups is 1. The summed E-state index contributed by atoms with van der Waals surface area (Å²) in [6.07, 6.45) is 1.61. The molecule has 4 heterocycles. The van der Waals surface area contributed by atoms with Gasteiger partial charge in [0.25, 0.3) is 5.56 Å².